The second-order valence-corrected chi connectivity index (χ2v) is 6.13. The van der Waals surface area contributed by atoms with E-state index in [1.165, 1.54) is 0 Å². The van der Waals surface area contributed by atoms with Crippen LogP contribution in [0.3, 0.4) is 0 Å². The minimum Gasteiger partial charge on any atom is -0.341 e. The number of aromatic amines is 1. The summed E-state index contributed by atoms with van der Waals surface area (Å²) in [6.07, 6.45) is 1.85. The number of halogens is 1. The SMILES string of the molecule is Cc1cnc(-c2nc(=S)c(Br)c(C(C)C)[nH]2)c(C)c1. The Kier molecular flexibility index (Phi) is 4.16. The van der Waals surface area contributed by atoms with Gasteiger partial charge in [0.25, 0.3) is 0 Å². The molecule has 2 aromatic rings. The second-order valence-electron chi connectivity index (χ2n) is 4.95. The van der Waals surface area contributed by atoms with Gasteiger partial charge in [-0.15, -0.1) is 0 Å². The van der Waals surface area contributed by atoms with Crippen molar-refractivity contribution < 1.29 is 0 Å². The van der Waals surface area contributed by atoms with Crippen molar-refractivity contribution in [3.05, 3.63) is 38.2 Å². The molecule has 19 heavy (non-hydrogen) atoms. The third kappa shape index (κ3) is 2.92. The number of hydrogen-bond donors (Lipinski definition) is 1. The summed E-state index contributed by atoms with van der Waals surface area (Å²) in [6, 6.07) is 2.10. The zero-order valence-corrected chi connectivity index (χ0v) is 13.8. The molecule has 0 amide bonds. The summed E-state index contributed by atoms with van der Waals surface area (Å²) >= 11 is 8.81. The van der Waals surface area contributed by atoms with E-state index in [2.05, 4.69) is 50.8 Å². The van der Waals surface area contributed by atoms with Gasteiger partial charge in [-0.25, -0.2) is 4.98 Å². The van der Waals surface area contributed by atoms with Crippen LogP contribution in [-0.4, -0.2) is 15.0 Å². The number of aryl methyl sites for hydroxylation is 2. The van der Waals surface area contributed by atoms with Crippen LogP contribution >= 0.6 is 28.1 Å². The predicted octanol–water partition coefficient (Wildman–Crippen LogP) is 4.70. The van der Waals surface area contributed by atoms with Crippen LogP contribution in [0, 0.1) is 18.5 Å². The smallest absolute Gasteiger partial charge is 0.158 e. The molecule has 2 aromatic heterocycles. The van der Waals surface area contributed by atoms with E-state index in [-0.39, 0.29) is 0 Å². The Labute approximate surface area is 126 Å². The van der Waals surface area contributed by atoms with E-state index in [4.69, 9.17) is 12.2 Å². The highest BCUT2D eigenvalue weighted by molar-refractivity contribution is 9.10. The van der Waals surface area contributed by atoms with Crippen molar-refractivity contribution in [3.63, 3.8) is 0 Å². The first kappa shape index (κ1) is 14.3. The maximum atomic E-state index is 5.31. The lowest BCUT2D eigenvalue weighted by molar-refractivity contribution is 0.805. The molecule has 0 spiro atoms. The van der Waals surface area contributed by atoms with Crippen LogP contribution in [0.2, 0.25) is 0 Å². The van der Waals surface area contributed by atoms with Crippen molar-refractivity contribution in [2.45, 2.75) is 33.6 Å². The van der Waals surface area contributed by atoms with Crippen molar-refractivity contribution in [2.75, 3.05) is 0 Å². The quantitative estimate of drug-likeness (QED) is 0.807. The first-order chi connectivity index (χ1) is 8.90. The van der Waals surface area contributed by atoms with Crippen molar-refractivity contribution in [1.29, 1.82) is 0 Å². The largest absolute Gasteiger partial charge is 0.341 e. The molecule has 0 bridgehead atoms. The molecule has 0 aliphatic heterocycles. The average Bonchev–Trinajstić information content (AvgIpc) is 2.32. The highest BCUT2D eigenvalue weighted by atomic mass is 79.9. The molecule has 0 saturated carbocycles. The van der Waals surface area contributed by atoms with Crippen LogP contribution in [0.25, 0.3) is 11.5 Å². The van der Waals surface area contributed by atoms with Crippen LogP contribution in [-0.2, 0) is 0 Å². The molecular weight excluding hydrogens is 322 g/mol. The number of nitrogens with one attached hydrogen (secondary N) is 1. The number of pyridine rings is 1. The number of rotatable bonds is 2. The van der Waals surface area contributed by atoms with Crippen LogP contribution in [0.5, 0.6) is 0 Å². The van der Waals surface area contributed by atoms with E-state index in [0.29, 0.717) is 10.6 Å². The molecule has 0 radical (unpaired) electrons. The van der Waals surface area contributed by atoms with Crippen molar-refractivity contribution in [3.8, 4) is 11.5 Å². The van der Waals surface area contributed by atoms with E-state index in [0.717, 1.165) is 32.8 Å². The molecule has 5 heteroatoms. The van der Waals surface area contributed by atoms with E-state index >= 15 is 0 Å². The van der Waals surface area contributed by atoms with Gasteiger partial charge >= 0.3 is 0 Å². The third-order valence-corrected chi connectivity index (χ3v) is 4.27. The molecule has 0 atom stereocenters. The number of H-pyrrole nitrogens is 1. The Bertz CT molecular complexity index is 677. The van der Waals surface area contributed by atoms with Gasteiger partial charge in [0.15, 0.2) is 5.82 Å². The van der Waals surface area contributed by atoms with Crippen LogP contribution in [0.1, 0.15) is 36.6 Å². The fourth-order valence-electron chi connectivity index (χ4n) is 1.95. The maximum absolute atomic E-state index is 5.31. The Hall–Kier alpha value is -1.07. The molecule has 1 N–H and O–H groups in total. The maximum Gasteiger partial charge on any atom is 0.158 e. The molecule has 2 rings (SSSR count). The first-order valence-corrected chi connectivity index (χ1v) is 7.33. The Morgan fingerprint density at radius 1 is 1.32 bits per heavy atom. The van der Waals surface area contributed by atoms with E-state index < -0.39 is 0 Å². The summed E-state index contributed by atoms with van der Waals surface area (Å²) in [5, 5.41) is 0. The number of nitrogens with zero attached hydrogens (tertiary/aromatic N) is 2. The molecular formula is C14H16BrN3S. The van der Waals surface area contributed by atoms with Crippen molar-refractivity contribution in [1.82, 2.24) is 15.0 Å². The summed E-state index contributed by atoms with van der Waals surface area (Å²) < 4.78 is 1.44. The molecule has 0 aliphatic rings. The van der Waals surface area contributed by atoms with Crippen molar-refractivity contribution in [2.24, 2.45) is 0 Å². The van der Waals surface area contributed by atoms with Crippen LogP contribution < -0.4 is 0 Å². The van der Waals surface area contributed by atoms with Gasteiger partial charge in [0.2, 0.25) is 0 Å². The molecule has 2 heterocycles. The van der Waals surface area contributed by atoms with Gasteiger partial charge < -0.3 is 4.98 Å². The minimum absolute atomic E-state index is 0.337. The van der Waals surface area contributed by atoms with Gasteiger partial charge in [-0.05, 0) is 46.8 Å². The molecule has 0 aliphatic carbocycles. The summed E-state index contributed by atoms with van der Waals surface area (Å²) in [5.41, 5.74) is 4.14. The first-order valence-electron chi connectivity index (χ1n) is 6.13. The minimum atomic E-state index is 0.337. The second kappa shape index (κ2) is 5.51. The fraction of sp³-hybridized carbons (Fsp3) is 0.357. The Morgan fingerprint density at radius 2 is 2.00 bits per heavy atom. The summed E-state index contributed by atoms with van der Waals surface area (Å²) in [4.78, 5) is 12.2. The van der Waals surface area contributed by atoms with Gasteiger partial charge in [-0.1, -0.05) is 32.1 Å². The van der Waals surface area contributed by atoms with Gasteiger partial charge in [0.1, 0.15) is 10.3 Å². The zero-order valence-electron chi connectivity index (χ0n) is 11.4. The lowest BCUT2D eigenvalue weighted by atomic mass is 10.1. The summed E-state index contributed by atoms with van der Waals surface area (Å²) in [6.45, 7) is 8.29. The fourth-order valence-corrected chi connectivity index (χ4v) is 2.80. The van der Waals surface area contributed by atoms with Gasteiger partial charge in [-0.3, -0.25) is 4.98 Å². The average molecular weight is 338 g/mol. The number of hydrogen-bond acceptors (Lipinski definition) is 3. The highest BCUT2D eigenvalue weighted by Gasteiger charge is 2.13. The zero-order chi connectivity index (χ0) is 14.2. The van der Waals surface area contributed by atoms with Gasteiger partial charge in [0.05, 0.1) is 4.47 Å². The normalized spacial score (nSPS) is 11.1. The van der Waals surface area contributed by atoms with Gasteiger partial charge in [0, 0.05) is 11.9 Å². The van der Waals surface area contributed by atoms with Crippen LogP contribution in [0.15, 0.2) is 16.7 Å². The summed E-state index contributed by atoms with van der Waals surface area (Å²) in [7, 11) is 0. The molecule has 0 fully saturated rings. The van der Waals surface area contributed by atoms with Crippen molar-refractivity contribution >= 4 is 28.1 Å². The molecule has 0 unspecified atom stereocenters. The molecule has 100 valence electrons. The number of aromatic nitrogens is 3. The van der Waals surface area contributed by atoms with Gasteiger partial charge in [-0.2, -0.15) is 0 Å². The lowest BCUT2D eigenvalue weighted by Crippen LogP contribution is -2.02. The standard InChI is InChI=1S/C14H16BrN3S/c1-7(2)11-10(15)14(19)18-13(17-11)12-9(4)5-8(3)6-16-12/h5-7H,1-4H3,(H,17,18,19). The topological polar surface area (TPSA) is 41.6 Å². The monoisotopic (exact) mass is 337 g/mol. The lowest BCUT2D eigenvalue weighted by Gasteiger charge is -2.12. The Morgan fingerprint density at radius 3 is 2.58 bits per heavy atom. The van der Waals surface area contributed by atoms with E-state index in [1.807, 2.05) is 20.0 Å². The molecule has 0 aromatic carbocycles. The Balaban J connectivity index is 2.66. The van der Waals surface area contributed by atoms with E-state index in [9.17, 15) is 0 Å². The summed E-state index contributed by atoms with van der Waals surface area (Å²) in [5.74, 6) is 1.07. The van der Waals surface area contributed by atoms with E-state index in [1.54, 1.807) is 0 Å². The third-order valence-electron chi connectivity index (χ3n) is 2.91. The molecule has 3 nitrogen and oxygen atoms in total. The van der Waals surface area contributed by atoms with Crippen LogP contribution in [0.4, 0.5) is 0 Å². The predicted molar refractivity (Wildman–Crippen MR) is 83.9 cm³/mol. The molecule has 0 saturated heterocycles. The highest BCUT2D eigenvalue weighted by Crippen LogP contribution is 2.26.